The van der Waals surface area contributed by atoms with E-state index in [1.54, 1.807) is 10.3 Å². The molecule has 0 spiro atoms. The van der Waals surface area contributed by atoms with Crippen LogP contribution in [-0.4, -0.2) is 63.9 Å². The highest BCUT2D eigenvalue weighted by Gasteiger charge is 2.36. The number of likely N-dealkylation sites (N-methyl/N-ethyl adjacent to an activating group) is 1. The van der Waals surface area contributed by atoms with Gasteiger partial charge in [0.25, 0.3) is 5.91 Å². The van der Waals surface area contributed by atoms with Gasteiger partial charge in [-0.15, -0.1) is 11.3 Å². The van der Waals surface area contributed by atoms with Gasteiger partial charge in [-0.25, -0.2) is 9.97 Å². The highest BCUT2D eigenvalue weighted by atomic mass is 35.5. The molecule has 0 saturated carbocycles. The second-order valence-electron chi connectivity index (χ2n) is 7.66. The highest BCUT2D eigenvalue weighted by molar-refractivity contribution is 7.14. The molecule has 4 heterocycles. The number of likely N-dealkylation sites (tertiary alicyclic amines) is 1. The molecule has 2 aromatic rings. The normalized spacial score (nSPS) is 19.1. The Morgan fingerprint density at radius 1 is 1.34 bits per heavy atom. The van der Waals surface area contributed by atoms with E-state index in [0.717, 1.165) is 0 Å². The number of thiazole rings is 1. The molecule has 2 N–H and O–H groups in total. The molecule has 2 aliphatic heterocycles. The first-order chi connectivity index (χ1) is 13.7. The van der Waals surface area contributed by atoms with Crippen molar-refractivity contribution in [1.82, 2.24) is 19.9 Å². The number of hydrogen-bond donors (Lipinski definition) is 2. The van der Waals surface area contributed by atoms with E-state index >= 15 is 0 Å². The first-order valence-corrected chi connectivity index (χ1v) is 10.6. The van der Waals surface area contributed by atoms with Gasteiger partial charge in [-0.2, -0.15) is 4.98 Å². The number of carbonyl (C=O) groups is 2. The van der Waals surface area contributed by atoms with Crippen LogP contribution in [0.2, 0.25) is 4.47 Å². The molecule has 2 amide bonds. The van der Waals surface area contributed by atoms with Gasteiger partial charge in [-0.3, -0.25) is 9.59 Å². The summed E-state index contributed by atoms with van der Waals surface area (Å²) < 4.78 is 0.359. The van der Waals surface area contributed by atoms with E-state index in [2.05, 4.69) is 25.6 Å². The summed E-state index contributed by atoms with van der Waals surface area (Å²) in [7, 11) is 1.88. The number of nitrogens with zero attached hydrogens (tertiary/aromatic N) is 5. The molecule has 0 radical (unpaired) electrons. The molecule has 1 fully saturated rings. The highest BCUT2D eigenvalue weighted by Crippen LogP contribution is 2.34. The second-order valence-corrected chi connectivity index (χ2v) is 9.10. The summed E-state index contributed by atoms with van der Waals surface area (Å²) in [5, 5.41) is 7.89. The lowest BCUT2D eigenvalue weighted by Crippen LogP contribution is -2.57. The van der Waals surface area contributed by atoms with E-state index in [1.807, 2.05) is 32.7 Å². The average molecular weight is 436 g/mol. The van der Waals surface area contributed by atoms with Crippen LogP contribution in [0.15, 0.2) is 5.38 Å². The zero-order valence-corrected chi connectivity index (χ0v) is 18.1. The minimum Gasteiger partial charge on any atom is -0.348 e. The second kappa shape index (κ2) is 7.42. The van der Waals surface area contributed by atoms with Crippen molar-refractivity contribution in [3.05, 3.63) is 21.2 Å². The molecule has 9 nitrogen and oxygen atoms in total. The number of rotatable bonds is 4. The summed E-state index contributed by atoms with van der Waals surface area (Å²) in [6.07, 6.45) is 0. The lowest BCUT2D eigenvalue weighted by molar-refractivity contribution is -0.118. The Labute approximate surface area is 177 Å². The maximum absolute atomic E-state index is 12.4. The summed E-state index contributed by atoms with van der Waals surface area (Å²) in [6.45, 7) is 6.93. The molecule has 0 aliphatic carbocycles. The Kier molecular flexibility index (Phi) is 5.07. The van der Waals surface area contributed by atoms with Crippen molar-refractivity contribution in [2.24, 2.45) is 5.92 Å². The van der Waals surface area contributed by atoms with Gasteiger partial charge in [0, 0.05) is 25.5 Å². The van der Waals surface area contributed by atoms with Gasteiger partial charge in [0.15, 0.2) is 10.3 Å². The molecule has 29 heavy (non-hydrogen) atoms. The monoisotopic (exact) mass is 435 g/mol. The topological polar surface area (TPSA) is 103 Å². The number of nitrogens with one attached hydrogen (secondary N) is 2. The molecule has 154 valence electrons. The van der Waals surface area contributed by atoms with Crippen LogP contribution in [0.25, 0.3) is 0 Å². The third kappa shape index (κ3) is 3.62. The molecule has 1 atom stereocenters. The number of amides is 2. The zero-order valence-electron chi connectivity index (χ0n) is 16.6. The molecular weight excluding hydrogens is 414 g/mol. The first kappa shape index (κ1) is 19.8. The third-order valence-corrected chi connectivity index (χ3v) is 6.15. The molecule has 11 heteroatoms. The first-order valence-electron chi connectivity index (χ1n) is 9.33. The van der Waals surface area contributed by atoms with Crippen molar-refractivity contribution in [3.63, 3.8) is 0 Å². The van der Waals surface area contributed by atoms with Gasteiger partial charge >= 0.3 is 0 Å². The van der Waals surface area contributed by atoms with Crippen LogP contribution in [0.1, 0.15) is 30.0 Å². The summed E-state index contributed by atoms with van der Waals surface area (Å²) in [4.78, 5) is 41.5. The maximum Gasteiger partial charge on any atom is 0.273 e. The van der Waals surface area contributed by atoms with E-state index in [0.29, 0.717) is 46.4 Å². The number of fused-ring (bicyclic) bond motifs is 1. The quantitative estimate of drug-likeness (QED) is 0.758. The van der Waals surface area contributed by atoms with Gasteiger partial charge in [0.1, 0.15) is 17.4 Å². The largest absolute Gasteiger partial charge is 0.348 e. The van der Waals surface area contributed by atoms with E-state index in [9.17, 15) is 9.59 Å². The number of halogens is 1. The van der Waals surface area contributed by atoms with Gasteiger partial charge < -0.3 is 20.4 Å². The van der Waals surface area contributed by atoms with Gasteiger partial charge in [-0.1, -0.05) is 25.4 Å². The van der Waals surface area contributed by atoms with Crippen LogP contribution < -0.4 is 15.5 Å². The molecule has 4 rings (SSSR count). The van der Waals surface area contributed by atoms with Crippen LogP contribution in [0, 0.1) is 12.8 Å². The molecule has 2 aromatic heterocycles. The van der Waals surface area contributed by atoms with Crippen molar-refractivity contribution >= 4 is 52.2 Å². The molecule has 1 saturated heterocycles. The summed E-state index contributed by atoms with van der Waals surface area (Å²) in [5.74, 6) is 1.15. The minimum absolute atomic E-state index is 0.0438. The van der Waals surface area contributed by atoms with E-state index in [1.165, 1.54) is 11.3 Å². The Balaban J connectivity index is 1.45. The van der Waals surface area contributed by atoms with Crippen LogP contribution in [0.4, 0.5) is 17.5 Å². The molecule has 0 aromatic carbocycles. The Hall–Kier alpha value is -2.46. The number of aryl methyl sites for hydroxylation is 1. The number of aromatic nitrogens is 3. The Morgan fingerprint density at radius 3 is 2.69 bits per heavy atom. The van der Waals surface area contributed by atoms with Crippen LogP contribution >= 0.6 is 22.9 Å². The van der Waals surface area contributed by atoms with Crippen molar-refractivity contribution < 1.29 is 9.59 Å². The van der Waals surface area contributed by atoms with E-state index in [-0.39, 0.29) is 29.8 Å². The Bertz CT molecular complexity index is 973. The van der Waals surface area contributed by atoms with Crippen molar-refractivity contribution in [1.29, 1.82) is 0 Å². The van der Waals surface area contributed by atoms with E-state index in [4.69, 9.17) is 11.6 Å². The standard InChI is InChI=1S/C18H22ClN7O2S/c1-8(2)13-15(27)23-12-9(3)20-18(24-14(12)25(13)4)21-10-5-26(6-10)16(28)11-7-29-17(19)22-11/h7-8,10,13H,5-6H2,1-4H3,(H,23,27)(H,20,21,24). The summed E-state index contributed by atoms with van der Waals surface area (Å²) in [6, 6.07) is -0.235. The predicted octanol–water partition coefficient (Wildman–Crippen LogP) is 2.24. The fourth-order valence-corrected chi connectivity index (χ4v) is 4.45. The number of anilines is 3. The molecule has 2 aliphatic rings. The molecule has 0 bridgehead atoms. The predicted molar refractivity (Wildman–Crippen MR) is 113 cm³/mol. The van der Waals surface area contributed by atoms with Crippen molar-refractivity contribution in [2.75, 3.05) is 35.7 Å². The number of hydrogen-bond acceptors (Lipinski definition) is 8. The van der Waals surface area contributed by atoms with Crippen LogP contribution in [0.5, 0.6) is 0 Å². The summed E-state index contributed by atoms with van der Waals surface area (Å²) in [5.41, 5.74) is 1.71. The van der Waals surface area contributed by atoms with Crippen LogP contribution in [0.3, 0.4) is 0 Å². The molecular formula is C18H22ClN7O2S. The van der Waals surface area contributed by atoms with Gasteiger partial charge in [0.05, 0.1) is 11.7 Å². The summed E-state index contributed by atoms with van der Waals surface area (Å²) >= 11 is 7.05. The fourth-order valence-electron chi connectivity index (χ4n) is 3.71. The Morgan fingerprint density at radius 2 is 2.07 bits per heavy atom. The van der Waals surface area contributed by atoms with E-state index < -0.39 is 0 Å². The zero-order chi connectivity index (χ0) is 20.9. The van der Waals surface area contributed by atoms with Crippen molar-refractivity contribution in [2.45, 2.75) is 32.9 Å². The SMILES string of the molecule is Cc1nc(NC2CN(C(=O)c3csc(Cl)n3)C2)nc2c1NC(=O)C(C(C)C)N2C. The average Bonchev–Trinajstić information content (AvgIpc) is 3.04. The fraction of sp³-hybridized carbons (Fsp3) is 0.500. The lowest BCUT2D eigenvalue weighted by Gasteiger charge is -2.40. The van der Waals surface area contributed by atoms with Crippen LogP contribution in [-0.2, 0) is 4.79 Å². The van der Waals surface area contributed by atoms with Gasteiger partial charge in [0.2, 0.25) is 11.9 Å². The smallest absolute Gasteiger partial charge is 0.273 e. The van der Waals surface area contributed by atoms with Gasteiger partial charge in [-0.05, 0) is 12.8 Å². The maximum atomic E-state index is 12.4. The minimum atomic E-state index is -0.286. The third-order valence-electron chi connectivity index (χ3n) is 5.17. The van der Waals surface area contributed by atoms with Crippen molar-refractivity contribution in [3.8, 4) is 0 Å². The number of carbonyl (C=O) groups excluding carboxylic acids is 2. The molecule has 1 unspecified atom stereocenters. The lowest BCUT2D eigenvalue weighted by atomic mass is 9.99.